The molecule has 7 nitrogen and oxygen atoms in total. The zero-order chi connectivity index (χ0) is 18.7. The summed E-state index contributed by atoms with van der Waals surface area (Å²) < 4.78 is 36.9. The van der Waals surface area contributed by atoms with Gasteiger partial charge in [0.1, 0.15) is 16.3 Å². The standard InChI is InChI=1S/C14H15NO6S.C2H6/c1-3-8(16)4-10-7(2)9-5-13(22(18,19)20)11(15)6-12(9)21-14(10)17;1-2/h5-6H,3-4,15H2,1-2H3,(H,18,19,20);1-2H3. The zero-order valence-electron chi connectivity index (χ0n) is 14.0. The molecule has 0 amide bonds. The van der Waals surface area contributed by atoms with Gasteiger partial charge in [0.05, 0.1) is 5.69 Å². The SMILES string of the molecule is CC.CCC(=O)Cc1c(C)c2cc(S(=O)(=O)O)c(N)cc2oc1=O. The van der Waals surface area contributed by atoms with Crippen LogP contribution in [0.25, 0.3) is 11.0 Å². The van der Waals surface area contributed by atoms with E-state index in [0.29, 0.717) is 10.9 Å². The largest absolute Gasteiger partial charge is 0.422 e. The van der Waals surface area contributed by atoms with Crippen LogP contribution in [-0.2, 0) is 21.3 Å². The number of nitrogens with two attached hydrogens (primary N) is 1. The van der Waals surface area contributed by atoms with Crippen LogP contribution in [-0.4, -0.2) is 18.8 Å². The summed E-state index contributed by atoms with van der Waals surface area (Å²) in [5.74, 6) is -0.139. The molecule has 8 heteroatoms. The van der Waals surface area contributed by atoms with Crippen LogP contribution in [0, 0.1) is 6.92 Å². The number of anilines is 1. The number of ketones is 1. The summed E-state index contributed by atoms with van der Waals surface area (Å²) in [6.07, 6.45) is 0.182. The summed E-state index contributed by atoms with van der Waals surface area (Å²) in [6, 6.07) is 2.30. The number of carbonyl (C=O) groups excluding carboxylic acids is 1. The molecule has 0 aliphatic heterocycles. The smallest absolute Gasteiger partial charge is 0.340 e. The number of Topliss-reactive ketones (excluding diaryl/α,β-unsaturated/α-hetero) is 1. The number of aryl methyl sites for hydroxylation is 1. The van der Waals surface area contributed by atoms with E-state index in [1.807, 2.05) is 13.8 Å². The molecule has 0 aliphatic carbocycles. The lowest BCUT2D eigenvalue weighted by Crippen LogP contribution is -2.15. The Morgan fingerprint density at radius 3 is 2.38 bits per heavy atom. The number of carbonyl (C=O) groups is 1. The Morgan fingerprint density at radius 2 is 1.88 bits per heavy atom. The van der Waals surface area contributed by atoms with E-state index < -0.39 is 20.6 Å². The first-order valence-electron chi connectivity index (χ1n) is 7.50. The third-order valence-electron chi connectivity index (χ3n) is 3.46. The highest BCUT2D eigenvalue weighted by Crippen LogP contribution is 2.28. The predicted molar refractivity (Wildman–Crippen MR) is 91.8 cm³/mol. The molecule has 0 atom stereocenters. The van der Waals surface area contributed by atoms with Gasteiger partial charge in [-0.3, -0.25) is 9.35 Å². The fraction of sp³-hybridized carbons (Fsp3) is 0.375. The molecule has 1 heterocycles. The Morgan fingerprint density at radius 1 is 1.29 bits per heavy atom. The highest BCUT2D eigenvalue weighted by molar-refractivity contribution is 7.86. The van der Waals surface area contributed by atoms with Crippen molar-refractivity contribution in [2.24, 2.45) is 0 Å². The van der Waals surface area contributed by atoms with Crippen LogP contribution in [0.2, 0.25) is 0 Å². The van der Waals surface area contributed by atoms with E-state index in [1.165, 1.54) is 0 Å². The maximum atomic E-state index is 12.0. The summed E-state index contributed by atoms with van der Waals surface area (Å²) in [7, 11) is -4.50. The van der Waals surface area contributed by atoms with Crippen molar-refractivity contribution in [2.45, 2.75) is 45.4 Å². The summed E-state index contributed by atoms with van der Waals surface area (Å²) in [6.45, 7) is 7.26. The maximum absolute atomic E-state index is 12.0. The fourth-order valence-electron chi connectivity index (χ4n) is 2.18. The average Bonchev–Trinajstić information content (AvgIpc) is 2.51. The van der Waals surface area contributed by atoms with Gasteiger partial charge in [0.15, 0.2) is 0 Å². The second-order valence-electron chi connectivity index (χ2n) is 4.92. The predicted octanol–water partition coefficient (Wildman–Crippen LogP) is 2.48. The number of rotatable bonds is 4. The molecule has 24 heavy (non-hydrogen) atoms. The molecule has 0 fully saturated rings. The number of fused-ring (bicyclic) bond motifs is 1. The molecule has 0 saturated carbocycles. The van der Waals surface area contributed by atoms with E-state index in [1.54, 1.807) is 13.8 Å². The van der Waals surface area contributed by atoms with Gasteiger partial charge in [0, 0.05) is 29.9 Å². The van der Waals surface area contributed by atoms with Gasteiger partial charge in [-0.15, -0.1) is 0 Å². The number of benzene rings is 1. The topological polar surface area (TPSA) is 128 Å². The summed E-state index contributed by atoms with van der Waals surface area (Å²) >= 11 is 0. The Labute approximate surface area is 140 Å². The quantitative estimate of drug-likeness (QED) is 0.490. The Balaban J connectivity index is 0.00000139. The molecule has 2 aromatic rings. The second kappa shape index (κ2) is 7.59. The van der Waals surface area contributed by atoms with Crippen LogP contribution < -0.4 is 11.4 Å². The summed E-state index contributed by atoms with van der Waals surface area (Å²) in [5, 5.41) is 0.306. The minimum absolute atomic E-state index is 0.0911. The first-order valence-corrected chi connectivity index (χ1v) is 8.94. The van der Waals surface area contributed by atoms with E-state index in [9.17, 15) is 22.6 Å². The van der Waals surface area contributed by atoms with Crippen molar-refractivity contribution in [1.29, 1.82) is 0 Å². The first kappa shape index (κ1) is 19.9. The van der Waals surface area contributed by atoms with Crippen LogP contribution in [0.3, 0.4) is 0 Å². The fourth-order valence-corrected chi connectivity index (χ4v) is 2.80. The number of hydrogen-bond acceptors (Lipinski definition) is 6. The van der Waals surface area contributed by atoms with Gasteiger partial charge in [-0.1, -0.05) is 20.8 Å². The highest BCUT2D eigenvalue weighted by atomic mass is 32.2. The van der Waals surface area contributed by atoms with Crippen molar-refractivity contribution in [3.63, 3.8) is 0 Å². The van der Waals surface area contributed by atoms with E-state index >= 15 is 0 Å². The van der Waals surface area contributed by atoms with Crippen LogP contribution in [0.1, 0.15) is 38.3 Å². The van der Waals surface area contributed by atoms with Crippen molar-refractivity contribution < 1.29 is 22.2 Å². The second-order valence-corrected chi connectivity index (χ2v) is 6.31. The average molecular weight is 355 g/mol. The van der Waals surface area contributed by atoms with E-state index in [4.69, 9.17) is 10.2 Å². The molecule has 1 aromatic heterocycles. The van der Waals surface area contributed by atoms with Crippen LogP contribution in [0.4, 0.5) is 5.69 Å². The van der Waals surface area contributed by atoms with Gasteiger partial charge >= 0.3 is 5.63 Å². The van der Waals surface area contributed by atoms with E-state index in [2.05, 4.69) is 0 Å². The van der Waals surface area contributed by atoms with E-state index in [0.717, 1.165) is 12.1 Å². The van der Waals surface area contributed by atoms with Crippen molar-refractivity contribution in [3.8, 4) is 0 Å². The van der Waals surface area contributed by atoms with Crippen LogP contribution in [0.15, 0.2) is 26.2 Å². The lowest BCUT2D eigenvalue weighted by Gasteiger charge is -2.09. The van der Waals surface area contributed by atoms with Crippen molar-refractivity contribution in [1.82, 2.24) is 0 Å². The van der Waals surface area contributed by atoms with Crippen molar-refractivity contribution in [3.05, 3.63) is 33.7 Å². The summed E-state index contributed by atoms with van der Waals surface area (Å²) in [4.78, 5) is 23.1. The van der Waals surface area contributed by atoms with Gasteiger partial charge in [-0.2, -0.15) is 8.42 Å². The lowest BCUT2D eigenvalue weighted by atomic mass is 10.0. The van der Waals surface area contributed by atoms with Gasteiger partial charge < -0.3 is 10.2 Å². The van der Waals surface area contributed by atoms with Crippen LogP contribution in [0.5, 0.6) is 0 Å². The molecule has 0 radical (unpaired) electrons. The first-order chi connectivity index (χ1) is 11.1. The monoisotopic (exact) mass is 355 g/mol. The molecule has 0 saturated heterocycles. The Bertz CT molecular complexity index is 928. The molecule has 0 unspecified atom stereocenters. The lowest BCUT2D eigenvalue weighted by molar-refractivity contribution is -0.118. The molecule has 0 bridgehead atoms. The molecular formula is C16H21NO6S. The summed E-state index contributed by atoms with van der Waals surface area (Å²) in [5.41, 5.74) is 5.37. The van der Waals surface area contributed by atoms with Gasteiger partial charge in [-0.05, 0) is 18.6 Å². The van der Waals surface area contributed by atoms with Crippen molar-refractivity contribution >= 4 is 32.6 Å². The van der Waals surface area contributed by atoms with E-state index in [-0.39, 0.29) is 35.5 Å². The van der Waals surface area contributed by atoms with Gasteiger partial charge in [0.25, 0.3) is 10.1 Å². The highest BCUT2D eigenvalue weighted by Gasteiger charge is 2.19. The minimum atomic E-state index is -4.50. The normalized spacial score (nSPS) is 11.0. The zero-order valence-corrected chi connectivity index (χ0v) is 14.9. The Kier molecular flexibility index (Phi) is 6.28. The van der Waals surface area contributed by atoms with Crippen molar-refractivity contribution in [2.75, 3.05) is 5.73 Å². The molecule has 0 spiro atoms. The minimum Gasteiger partial charge on any atom is -0.422 e. The molecule has 132 valence electrons. The molecule has 2 rings (SSSR count). The molecule has 0 aliphatic rings. The third-order valence-corrected chi connectivity index (χ3v) is 4.37. The third kappa shape index (κ3) is 4.01. The van der Waals surface area contributed by atoms with Gasteiger partial charge in [-0.25, -0.2) is 4.79 Å². The van der Waals surface area contributed by atoms with Crippen LogP contribution >= 0.6 is 0 Å². The number of nitrogen functional groups attached to an aromatic ring is 1. The molecule has 3 N–H and O–H groups in total. The maximum Gasteiger partial charge on any atom is 0.340 e. The number of hydrogen-bond donors (Lipinski definition) is 2. The molecular weight excluding hydrogens is 334 g/mol. The Hall–Kier alpha value is -2.19. The van der Waals surface area contributed by atoms with Gasteiger partial charge in [0.2, 0.25) is 0 Å². The molecule has 1 aromatic carbocycles.